The van der Waals surface area contributed by atoms with Gasteiger partial charge in [-0.3, -0.25) is 0 Å². The van der Waals surface area contributed by atoms with Gasteiger partial charge in [0.2, 0.25) is 0 Å². The van der Waals surface area contributed by atoms with E-state index >= 15 is 0 Å². The van der Waals surface area contributed by atoms with E-state index < -0.39 is 8.80 Å². The number of hydrogen-bond donors (Lipinski definition) is 0. The lowest BCUT2D eigenvalue weighted by molar-refractivity contribution is 0.0852. The second-order valence-electron chi connectivity index (χ2n) is 4.40. The SMILES string of the molecule is CCO[Si](OCC)(OCC)c1cc(C)cc(OC)c1OC. The van der Waals surface area contributed by atoms with Crippen LogP contribution in [0.4, 0.5) is 0 Å². The Hall–Kier alpha value is -1.08. The molecule has 0 fully saturated rings. The third-order valence-corrected chi connectivity index (χ3v) is 5.99. The van der Waals surface area contributed by atoms with Crippen molar-refractivity contribution in [3.05, 3.63) is 17.7 Å². The quantitative estimate of drug-likeness (QED) is 0.654. The minimum absolute atomic E-state index is 0.506. The maximum Gasteiger partial charge on any atom is 0.541 e. The van der Waals surface area contributed by atoms with Crippen LogP contribution in [0.25, 0.3) is 0 Å². The summed E-state index contributed by atoms with van der Waals surface area (Å²) in [5.74, 6) is 1.27. The summed E-state index contributed by atoms with van der Waals surface area (Å²) in [7, 11) is 0.207. The van der Waals surface area contributed by atoms with Gasteiger partial charge in [-0.15, -0.1) is 0 Å². The second kappa shape index (κ2) is 8.38. The highest BCUT2D eigenvalue weighted by molar-refractivity contribution is 6.76. The molecule has 0 radical (unpaired) electrons. The maximum atomic E-state index is 5.95. The third kappa shape index (κ3) is 3.97. The lowest BCUT2D eigenvalue weighted by atomic mass is 10.2. The first-order chi connectivity index (χ1) is 10.1. The van der Waals surface area contributed by atoms with Crippen LogP contribution < -0.4 is 14.7 Å². The zero-order valence-electron chi connectivity index (χ0n) is 13.8. The van der Waals surface area contributed by atoms with Gasteiger partial charge >= 0.3 is 8.80 Å². The zero-order chi connectivity index (χ0) is 15.9. The number of benzene rings is 1. The first-order valence-corrected chi connectivity index (χ1v) is 8.95. The molecule has 0 N–H and O–H groups in total. The van der Waals surface area contributed by atoms with E-state index in [0.717, 1.165) is 10.8 Å². The number of ether oxygens (including phenoxy) is 2. The molecule has 5 nitrogen and oxygen atoms in total. The fourth-order valence-corrected chi connectivity index (χ4v) is 5.02. The summed E-state index contributed by atoms with van der Waals surface area (Å²) in [5, 5.41) is 0.812. The molecule has 0 saturated heterocycles. The molecule has 0 aliphatic carbocycles. The summed E-state index contributed by atoms with van der Waals surface area (Å²) < 4.78 is 28.8. The van der Waals surface area contributed by atoms with Crippen molar-refractivity contribution >= 4 is 14.0 Å². The largest absolute Gasteiger partial charge is 0.541 e. The van der Waals surface area contributed by atoms with Gasteiger partial charge in [0, 0.05) is 19.8 Å². The number of methoxy groups -OCH3 is 2. The lowest BCUT2D eigenvalue weighted by Crippen LogP contribution is -2.57. The van der Waals surface area contributed by atoms with Gasteiger partial charge in [-0.25, -0.2) is 0 Å². The van der Waals surface area contributed by atoms with Gasteiger partial charge in [-0.05, 0) is 45.4 Å². The number of hydrogen-bond acceptors (Lipinski definition) is 5. The predicted octanol–water partition coefficient (Wildman–Crippen LogP) is 2.27. The molecule has 0 bridgehead atoms. The monoisotopic (exact) mass is 314 g/mol. The zero-order valence-corrected chi connectivity index (χ0v) is 14.8. The highest BCUT2D eigenvalue weighted by Crippen LogP contribution is 2.29. The predicted molar refractivity (Wildman–Crippen MR) is 84.5 cm³/mol. The van der Waals surface area contributed by atoms with Crippen molar-refractivity contribution < 1.29 is 22.8 Å². The fraction of sp³-hybridized carbons (Fsp3) is 0.600. The van der Waals surface area contributed by atoms with Crippen LogP contribution in [-0.2, 0) is 13.3 Å². The Morgan fingerprint density at radius 3 is 1.76 bits per heavy atom. The average Bonchev–Trinajstić information content (AvgIpc) is 2.47. The van der Waals surface area contributed by atoms with Crippen molar-refractivity contribution in [1.29, 1.82) is 0 Å². The Balaban J connectivity index is 3.50. The van der Waals surface area contributed by atoms with Crippen LogP contribution in [0, 0.1) is 6.92 Å². The van der Waals surface area contributed by atoms with E-state index in [9.17, 15) is 0 Å². The van der Waals surface area contributed by atoms with Crippen LogP contribution >= 0.6 is 0 Å². The Morgan fingerprint density at radius 2 is 1.38 bits per heavy atom. The summed E-state index contributed by atoms with van der Waals surface area (Å²) in [4.78, 5) is 0. The van der Waals surface area contributed by atoms with Gasteiger partial charge in [-0.2, -0.15) is 0 Å². The molecule has 0 aliphatic heterocycles. The smallest absolute Gasteiger partial charge is 0.493 e. The van der Waals surface area contributed by atoms with Crippen molar-refractivity contribution in [1.82, 2.24) is 0 Å². The highest BCUT2D eigenvalue weighted by atomic mass is 28.4. The van der Waals surface area contributed by atoms with Gasteiger partial charge in [0.05, 0.1) is 19.4 Å². The van der Waals surface area contributed by atoms with Crippen LogP contribution in [0.1, 0.15) is 26.3 Å². The van der Waals surface area contributed by atoms with E-state index in [1.807, 2.05) is 39.8 Å². The average molecular weight is 314 g/mol. The summed E-state index contributed by atoms with van der Waals surface area (Å²) in [6.45, 7) is 9.30. The number of rotatable bonds is 9. The second-order valence-corrected chi connectivity index (χ2v) is 6.92. The van der Waals surface area contributed by atoms with E-state index in [0.29, 0.717) is 31.3 Å². The molecular weight excluding hydrogens is 288 g/mol. The van der Waals surface area contributed by atoms with E-state index in [2.05, 4.69) is 0 Å². The molecule has 0 aromatic heterocycles. The minimum Gasteiger partial charge on any atom is -0.493 e. The summed E-state index contributed by atoms with van der Waals surface area (Å²) in [6.07, 6.45) is 0. The molecule has 120 valence electrons. The molecular formula is C15H26O5Si. The maximum absolute atomic E-state index is 5.95. The topological polar surface area (TPSA) is 46.2 Å². The fourth-order valence-electron chi connectivity index (χ4n) is 2.26. The van der Waals surface area contributed by atoms with Gasteiger partial charge in [-0.1, -0.05) is 0 Å². The van der Waals surface area contributed by atoms with Crippen LogP contribution in [0.3, 0.4) is 0 Å². The summed E-state index contributed by atoms with van der Waals surface area (Å²) >= 11 is 0. The number of aryl methyl sites for hydroxylation is 1. The minimum atomic E-state index is -3.02. The van der Waals surface area contributed by atoms with Gasteiger partial charge in [0.1, 0.15) is 0 Å². The van der Waals surface area contributed by atoms with Crippen LogP contribution in [0.15, 0.2) is 12.1 Å². The van der Waals surface area contributed by atoms with Gasteiger partial charge in [0.15, 0.2) is 11.5 Å². The molecule has 1 aromatic rings. The van der Waals surface area contributed by atoms with Crippen molar-refractivity contribution in [2.24, 2.45) is 0 Å². The van der Waals surface area contributed by atoms with Gasteiger partial charge in [0.25, 0.3) is 0 Å². The Bertz CT molecular complexity index is 433. The van der Waals surface area contributed by atoms with Crippen LogP contribution in [0.2, 0.25) is 0 Å². The van der Waals surface area contributed by atoms with Crippen molar-refractivity contribution in [3.8, 4) is 11.5 Å². The van der Waals surface area contributed by atoms with E-state index in [1.165, 1.54) is 0 Å². The first-order valence-electron chi connectivity index (χ1n) is 7.23. The van der Waals surface area contributed by atoms with Crippen LogP contribution in [-0.4, -0.2) is 42.8 Å². The Labute approximate surface area is 128 Å². The van der Waals surface area contributed by atoms with E-state index in [4.69, 9.17) is 22.8 Å². The molecule has 1 aromatic carbocycles. The summed E-state index contributed by atoms with van der Waals surface area (Å²) in [5.41, 5.74) is 1.04. The molecule has 6 heteroatoms. The molecule has 0 amide bonds. The molecule has 0 atom stereocenters. The Morgan fingerprint density at radius 1 is 0.857 bits per heavy atom. The van der Waals surface area contributed by atoms with Crippen molar-refractivity contribution in [2.75, 3.05) is 34.0 Å². The highest BCUT2D eigenvalue weighted by Gasteiger charge is 2.46. The molecule has 0 spiro atoms. The van der Waals surface area contributed by atoms with Gasteiger partial charge < -0.3 is 22.8 Å². The molecule has 1 rings (SSSR count). The van der Waals surface area contributed by atoms with Crippen LogP contribution in [0.5, 0.6) is 11.5 Å². The molecule has 0 unspecified atom stereocenters. The third-order valence-electron chi connectivity index (χ3n) is 2.96. The standard InChI is InChI=1S/C15H26O5Si/c1-7-18-21(19-8-2,20-9-3)14-11-12(4)10-13(16-5)15(14)17-6/h10-11H,7-9H2,1-6H3. The lowest BCUT2D eigenvalue weighted by Gasteiger charge is -2.30. The van der Waals surface area contributed by atoms with E-state index in [-0.39, 0.29) is 0 Å². The van der Waals surface area contributed by atoms with Crippen molar-refractivity contribution in [2.45, 2.75) is 27.7 Å². The molecule has 0 heterocycles. The molecule has 0 aliphatic rings. The summed E-state index contributed by atoms with van der Waals surface area (Å²) in [6, 6.07) is 3.92. The van der Waals surface area contributed by atoms with E-state index in [1.54, 1.807) is 14.2 Å². The Kier molecular flexibility index (Phi) is 7.17. The first kappa shape index (κ1) is 18.0. The van der Waals surface area contributed by atoms with Crippen molar-refractivity contribution in [3.63, 3.8) is 0 Å². The molecule has 21 heavy (non-hydrogen) atoms. The molecule has 0 saturated carbocycles. The normalized spacial score (nSPS) is 11.5.